The minimum atomic E-state index is 0.715. The van der Waals surface area contributed by atoms with E-state index in [1.165, 1.54) is 0 Å². The zero-order valence-corrected chi connectivity index (χ0v) is 19.1. The fraction of sp³-hybridized carbons (Fsp3) is 0.120. The van der Waals surface area contributed by atoms with Crippen molar-refractivity contribution in [1.82, 2.24) is 44.0 Å². The first-order chi connectivity index (χ1) is 16.6. The largest absolute Gasteiger partial charge is 0.249 e. The average molecular weight is 450 g/mol. The Morgan fingerprint density at radius 3 is 2.47 bits per heavy atom. The highest BCUT2D eigenvalue weighted by molar-refractivity contribution is 5.66. The van der Waals surface area contributed by atoms with Crippen LogP contribution in [0.15, 0.2) is 73.2 Å². The van der Waals surface area contributed by atoms with Gasteiger partial charge < -0.3 is 0 Å². The third kappa shape index (κ3) is 4.31. The summed E-state index contributed by atoms with van der Waals surface area (Å²) in [6, 6.07) is 17.6. The second-order valence-corrected chi connectivity index (χ2v) is 7.68. The molecule has 168 valence electrons. The van der Waals surface area contributed by atoms with Gasteiger partial charge in [-0.25, -0.2) is 28.7 Å². The first-order valence-electron chi connectivity index (χ1n) is 10.8. The van der Waals surface area contributed by atoms with Crippen molar-refractivity contribution in [3.8, 4) is 11.4 Å². The first-order valence-corrected chi connectivity index (χ1v) is 10.8. The third-order valence-corrected chi connectivity index (χ3v) is 5.36. The minimum Gasteiger partial charge on any atom is -0.249 e. The van der Waals surface area contributed by atoms with E-state index in [9.17, 15) is 0 Å². The van der Waals surface area contributed by atoms with Crippen molar-refractivity contribution in [1.29, 1.82) is 0 Å². The molecule has 5 aromatic heterocycles. The number of benzene rings is 1. The molecule has 6 rings (SSSR count). The van der Waals surface area contributed by atoms with Gasteiger partial charge in [-0.2, -0.15) is 15.3 Å². The van der Waals surface area contributed by atoms with Gasteiger partial charge >= 0.3 is 0 Å². The van der Waals surface area contributed by atoms with Gasteiger partial charge in [-0.15, -0.1) is 0 Å². The summed E-state index contributed by atoms with van der Waals surface area (Å²) >= 11 is 0. The van der Waals surface area contributed by atoms with Gasteiger partial charge in [0.25, 0.3) is 0 Å². The lowest BCUT2D eigenvalue weighted by Crippen LogP contribution is -1.96. The Morgan fingerprint density at radius 1 is 0.794 bits per heavy atom. The van der Waals surface area contributed by atoms with Crippen LogP contribution in [0.25, 0.3) is 34.8 Å². The van der Waals surface area contributed by atoms with E-state index in [4.69, 9.17) is 0 Å². The van der Waals surface area contributed by atoms with E-state index in [0.717, 1.165) is 39.8 Å². The third-order valence-electron chi connectivity index (χ3n) is 5.36. The molecule has 0 spiro atoms. The predicted molar refractivity (Wildman–Crippen MR) is 131 cm³/mol. The lowest BCUT2D eigenvalue weighted by molar-refractivity contribution is 0.759. The maximum atomic E-state index is 4.62. The summed E-state index contributed by atoms with van der Waals surface area (Å²) in [5.41, 5.74) is 5.64. The van der Waals surface area contributed by atoms with Crippen LogP contribution < -0.4 is 0 Å². The molecular weight excluding hydrogens is 426 g/mol. The summed E-state index contributed by atoms with van der Waals surface area (Å²) in [4.78, 5) is 13.1. The van der Waals surface area contributed by atoms with E-state index in [1.807, 2.05) is 98.4 Å². The van der Waals surface area contributed by atoms with E-state index < -0.39 is 0 Å². The Balaban J connectivity index is 0.000000222. The molecule has 0 saturated carbocycles. The lowest BCUT2D eigenvalue weighted by Gasteiger charge is -1.97. The zero-order chi connectivity index (χ0) is 23.5. The average Bonchev–Trinajstić information content (AvgIpc) is 3.57. The number of aryl methyl sites for hydroxylation is 3. The standard InChI is InChI=1S/C19H18N6.C6H5N3/c1-13-14(2)25-18(20-13)12-10-16(22-25)9-11-17-21-19(23-24(17)3)15-7-5-4-6-8-15;1-2-6-7-4-5-9(6)8-3-1/h4-12H,1-3H3;1-5H/b11-9+;. The van der Waals surface area contributed by atoms with Crippen molar-refractivity contribution in [3.05, 3.63) is 96.1 Å². The lowest BCUT2D eigenvalue weighted by atomic mass is 10.2. The first kappa shape index (κ1) is 21.2. The summed E-state index contributed by atoms with van der Waals surface area (Å²) in [6.45, 7) is 4.01. The van der Waals surface area contributed by atoms with E-state index in [0.29, 0.717) is 5.82 Å². The molecule has 0 aliphatic rings. The number of fused-ring (bicyclic) bond motifs is 2. The second-order valence-electron chi connectivity index (χ2n) is 7.68. The molecule has 0 aliphatic heterocycles. The van der Waals surface area contributed by atoms with Gasteiger partial charge in [0.15, 0.2) is 22.9 Å². The van der Waals surface area contributed by atoms with Crippen molar-refractivity contribution in [2.75, 3.05) is 0 Å². The SMILES string of the molecule is Cc1nc2ccc(/C=C/c3nc(-c4ccccc4)nn3C)nn2c1C.c1cnn2ccnc2c1. The molecule has 0 atom stereocenters. The van der Waals surface area contributed by atoms with Crippen LogP contribution in [0.5, 0.6) is 0 Å². The van der Waals surface area contributed by atoms with E-state index in [-0.39, 0.29) is 0 Å². The van der Waals surface area contributed by atoms with Gasteiger partial charge in [0.1, 0.15) is 0 Å². The maximum absolute atomic E-state index is 4.62. The number of nitrogens with zero attached hydrogens (tertiary/aromatic N) is 9. The van der Waals surface area contributed by atoms with Gasteiger partial charge in [-0.1, -0.05) is 30.3 Å². The van der Waals surface area contributed by atoms with Crippen LogP contribution >= 0.6 is 0 Å². The molecule has 0 fully saturated rings. The quantitative estimate of drug-likeness (QED) is 0.405. The molecule has 9 heteroatoms. The highest BCUT2D eigenvalue weighted by Crippen LogP contribution is 2.16. The number of aromatic nitrogens is 9. The molecule has 34 heavy (non-hydrogen) atoms. The van der Waals surface area contributed by atoms with Crippen molar-refractivity contribution >= 4 is 23.4 Å². The van der Waals surface area contributed by atoms with Crippen LogP contribution in [0.3, 0.4) is 0 Å². The van der Waals surface area contributed by atoms with Crippen molar-refractivity contribution in [2.24, 2.45) is 7.05 Å². The summed E-state index contributed by atoms with van der Waals surface area (Å²) in [5, 5.41) is 13.1. The van der Waals surface area contributed by atoms with Gasteiger partial charge in [0.2, 0.25) is 0 Å². The molecule has 0 bridgehead atoms. The number of hydrogen-bond acceptors (Lipinski definition) is 6. The minimum absolute atomic E-state index is 0.715. The Morgan fingerprint density at radius 2 is 1.65 bits per heavy atom. The summed E-state index contributed by atoms with van der Waals surface area (Å²) < 4.78 is 5.35. The molecular formula is C25H23N9. The van der Waals surface area contributed by atoms with Crippen molar-refractivity contribution in [3.63, 3.8) is 0 Å². The molecule has 1 aromatic carbocycles. The van der Waals surface area contributed by atoms with Crippen LogP contribution in [0, 0.1) is 13.8 Å². The van der Waals surface area contributed by atoms with Gasteiger partial charge in [0.05, 0.1) is 17.1 Å². The molecule has 0 unspecified atom stereocenters. The van der Waals surface area contributed by atoms with E-state index >= 15 is 0 Å². The van der Waals surface area contributed by atoms with Crippen LogP contribution in [-0.2, 0) is 7.05 Å². The van der Waals surface area contributed by atoms with Gasteiger partial charge in [0, 0.05) is 31.2 Å². The molecule has 0 saturated heterocycles. The van der Waals surface area contributed by atoms with Crippen molar-refractivity contribution in [2.45, 2.75) is 13.8 Å². The van der Waals surface area contributed by atoms with E-state index in [1.54, 1.807) is 21.6 Å². The molecule has 0 amide bonds. The maximum Gasteiger partial charge on any atom is 0.181 e. The Labute approximate surface area is 196 Å². The number of imidazole rings is 2. The molecule has 0 N–H and O–H groups in total. The Bertz CT molecular complexity index is 1560. The monoisotopic (exact) mass is 449 g/mol. The number of hydrogen-bond donors (Lipinski definition) is 0. The molecule has 5 heterocycles. The van der Waals surface area contributed by atoms with Gasteiger partial charge in [-0.05, 0) is 50.3 Å². The number of rotatable bonds is 3. The fourth-order valence-electron chi connectivity index (χ4n) is 3.43. The normalized spacial score (nSPS) is 11.3. The van der Waals surface area contributed by atoms with E-state index in [2.05, 4.69) is 30.2 Å². The molecule has 6 aromatic rings. The Kier molecular flexibility index (Phi) is 5.65. The zero-order valence-electron chi connectivity index (χ0n) is 19.1. The Hall–Kier alpha value is -4.66. The molecule has 0 radical (unpaired) electrons. The second kappa shape index (κ2) is 9.07. The van der Waals surface area contributed by atoms with Crippen molar-refractivity contribution < 1.29 is 0 Å². The highest BCUT2D eigenvalue weighted by Gasteiger charge is 2.08. The van der Waals surface area contributed by atoms with Crippen LogP contribution in [0.1, 0.15) is 22.9 Å². The highest BCUT2D eigenvalue weighted by atomic mass is 15.3. The summed E-state index contributed by atoms with van der Waals surface area (Å²) in [7, 11) is 1.89. The topological polar surface area (TPSA) is 91.1 Å². The van der Waals surface area contributed by atoms with Crippen LogP contribution in [0.4, 0.5) is 0 Å². The smallest absolute Gasteiger partial charge is 0.181 e. The summed E-state index contributed by atoms with van der Waals surface area (Å²) in [6.07, 6.45) is 9.13. The van der Waals surface area contributed by atoms with Crippen LogP contribution in [0.2, 0.25) is 0 Å². The summed E-state index contributed by atoms with van der Waals surface area (Å²) in [5.74, 6) is 1.49. The predicted octanol–water partition coefficient (Wildman–Crippen LogP) is 4.04. The molecule has 9 nitrogen and oxygen atoms in total. The molecule has 0 aliphatic carbocycles. The van der Waals surface area contributed by atoms with Gasteiger partial charge in [-0.3, -0.25) is 0 Å². The fourth-order valence-corrected chi connectivity index (χ4v) is 3.43. The van der Waals surface area contributed by atoms with Crippen LogP contribution in [-0.4, -0.2) is 44.0 Å².